The third-order valence-corrected chi connectivity index (χ3v) is 5.35. The number of nitrogens with zero attached hydrogens (tertiary/aromatic N) is 1. The van der Waals surface area contributed by atoms with Crippen LogP contribution < -0.4 is 10.1 Å². The zero-order chi connectivity index (χ0) is 20.6. The average Bonchev–Trinajstić information content (AvgIpc) is 3.21. The van der Waals surface area contributed by atoms with Gasteiger partial charge in [-0.15, -0.1) is 11.3 Å². The van der Waals surface area contributed by atoms with Crippen molar-refractivity contribution in [1.29, 1.82) is 0 Å². The summed E-state index contributed by atoms with van der Waals surface area (Å²) in [6, 6.07) is 18.9. The molecule has 0 aliphatic rings. The normalized spacial score (nSPS) is 10.7. The first-order chi connectivity index (χ1) is 14.1. The number of Topliss-reactive ketones (excluding diaryl/α,β-unsaturated/α-hetero) is 1. The first-order valence-electron chi connectivity index (χ1n) is 9.33. The molecule has 0 fully saturated rings. The van der Waals surface area contributed by atoms with Crippen LogP contribution in [0.2, 0.25) is 0 Å². The largest absolute Gasteiger partial charge is 0.496 e. The minimum absolute atomic E-state index is 0.0784. The van der Waals surface area contributed by atoms with E-state index in [4.69, 9.17) is 4.74 Å². The smallest absolute Gasteiger partial charge is 0.238 e. The summed E-state index contributed by atoms with van der Waals surface area (Å²) < 4.78 is 5.46. The van der Waals surface area contributed by atoms with Crippen LogP contribution in [0, 0.1) is 0 Å². The van der Waals surface area contributed by atoms with Crippen molar-refractivity contribution < 1.29 is 14.3 Å². The lowest BCUT2D eigenvalue weighted by Gasteiger charge is -2.22. The molecule has 0 aliphatic heterocycles. The topological polar surface area (TPSA) is 58.6 Å². The Bertz CT molecular complexity index is 970. The molecule has 0 saturated carbocycles. The van der Waals surface area contributed by atoms with E-state index in [1.807, 2.05) is 35.7 Å². The van der Waals surface area contributed by atoms with Gasteiger partial charge in [0.25, 0.3) is 0 Å². The first-order valence-corrected chi connectivity index (χ1v) is 10.2. The van der Waals surface area contributed by atoms with Gasteiger partial charge in [-0.1, -0.05) is 36.4 Å². The lowest BCUT2D eigenvalue weighted by Crippen LogP contribution is -2.32. The highest BCUT2D eigenvalue weighted by atomic mass is 32.1. The molecular formula is C23H24N2O3S. The van der Waals surface area contributed by atoms with Crippen LogP contribution in [0.3, 0.4) is 0 Å². The molecule has 1 amide bonds. The number of carbonyl (C=O) groups excluding carboxylic acids is 2. The van der Waals surface area contributed by atoms with E-state index in [2.05, 4.69) is 16.3 Å². The fourth-order valence-corrected chi connectivity index (χ4v) is 3.90. The number of amides is 1. The molecule has 0 unspecified atom stereocenters. The Balaban J connectivity index is 1.76. The van der Waals surface area contributed by atoms with Crippen LogP contribution in [0.1, 0.15) is 27.7 Å². The molecule has 5 nitrogen and oxygen atoms in total. The predicted molar refractivity (Wildman–Crippen MR) is 117 cm³/mol. The van der Waals surface area contributed by atoms with Crippen LogP contribution in [0.25, 0.3) is 0 Å². The zero-order valence-electron chi connectivity index (χ0n) is 16.6. The van der Waals surface area contributed by atoms with Crippen molar-refractivity contribution in [3.63, 3.8) is 0 Å². The molecule has 29 heavy (non-hydrogen) atoms. The number of rotatable bonds is 9. The van der Waals surface area contributed by atoms with Gasteiger partial charge in [0.1, 0.15) is 5.75 Å². The van der Waals surface area contributed by atoms with Gasteiger partial charge in [-0.3, -0.25) is 14.5 Å². The van der Waals surface area contributed by atoms with Crippen molar-refractivity contribution in [2.75, 3.05) is 19.0 Å². The maximum Gasteiger partial charge on any atom is 0.238 e. The number of benzene rings is 2. The van der Waals surface area contributed by atoms with Crippen LogP contribution in [-0.2, 0) is 17.9 Å². The molecule has 0 bridgehead atoms. The number of methoxy groups -OCH3 is 1. The lowest BCUT2D eigenvalue weighted by molar-refractivity contribution is -0.117. The van der Waals surface area contributed by atoms with E-state index in [-0.39, 0.29) is 18.2 Å². The van der Waals surface area contributed by atoms with Crippen molar-refractivity contribution >= 4 is 28.7 Å². The molecule has 6 heteroatoms. The van der Waals surface area contributed by atoms with Crippen LogP contribution >= 0.6 is 11.3 Å². The second-order valence-corrected chi connectivity index (χ2v) is 7.72. The number of para-hydroxylation sites is 2. The molecule has 0 radical (unpaired) electrons. The SMILES string of the molecule is COc1ccccc1CN(CC(=O)Nc1ccccc1C(C)=O)Cc1cccs1. The van der Waals surface area contributed by atoms with Gasteiger partial charge in [0.15, 0.2) is 5.78 Å². The zero-order valence-corrected chi connectivity index (χ0v) is 17.4. The van der Waals surface area contributed by atoms with Gasteiger partial charge in [-0.25, -0.2) is 0 Å². The molecule has 0 saturated heterocycles. The van der Waals surface area contributed by atoms with Gasteiger partial charge in [-0.05, 0) is 36.6 Å². The van der Waals surface area contributed by atoms with E-state index in [0.717, 1.165) is 11.3 Å². The minimum atomic E-state index is -0.162. The highest BCUT2D eigenvalue weighted by Gasteiger charge is 2.16. The third kappa shape index (κ3) is 5.76. The highest BCUT2D eigenvalue weighted by Crippen LogP contribution is 2.22. The molecule has 0 atom stereocenters. The number of carbonyl (C=O) groups is 2. The van der Waals surface area contributed by atoms with E-state index < -0.39 is 0 Å². The number of thiophene rings is 1. The van der Waals surface area contributed by atoms with E-state index in [1.54, 1.807) is 42.7 Å². The molecule has 0 aliphatic carbocycles. The Kier molecular flexibility index (Phi) is 7.16. The van der Waals surface area contributed by atoms with Gasteiger partial charge in [-0.2, -0.15) is 0 Å². The standard InChI is InChI=1S/C23H24N2O3S/c1-17(26)20-10-4-5-11-21(20)24-23(27)16-25(15-19-9-7-13-29-19)14-18-8-3-6-12-22(18)28-2/h3-13H,14-16H2,1-2H3,(H,24,27). The van der Waals surface area contributed by atoms with E-state index in [1.165, 1.54) is 11.8 Å². The Morgan fingerprint density at radius 1 is 1.00 bits per heavy atom. The molecule has 1 N–H and O–H groups in total. The Hall–Kier alpha value is -2.96. The maximum atomic E-state index is 12.8. The summed E-state index contributed by atoms with van der Waals surface area (Å²) in [4.78, 5) is 27.8. The summed E-state index contributed by atoms with van der Waals surface area (Å²) in [6.45, 7) is 2.92. The lowest BCUT2D eigenvalue weighted by atomic mass is 10.1. The van der Waals surface area contributed by atoms with Crippen molar-refractivity contribution in [3.8, 4) is 5.75 Å². The molecular weight excluding hydrogens is 384 g/mol. The van der Waals surface area contributed by atoms with Crippen LogP contribution in [0.4, 0.5) is 5.69 Å². The van der Waals surface area contributed by atoms with Crippen molar-refractivity contribution in [2.45, 2.75) is 20.0 Å². The number of ketones is 1. The van der Waals surface area contributed by atoms with Gasteiger partial charge in [0.05, 0.1) is 19.3 Å². The summed E-state index contributed by atoms with van der Waals surface area (Å²) in [5, 5.41) is 4.91. The van der Waals surface area contributed by atoms with Gasteiger partial charge in [0.2, 0.25) is 5.91 Å². The number of ether oxygens (including phenoxy) is 1. The summed E-state index contributed by atoms with van der Waals surface area (Å²) in [6.07, 6.45) is 0. The van der Waals surface area contributed by atoms with Crippen LogP contribution in [0.5, 0.6) is 5.75 Å². The molecule has 1 heterocycles. The minimum Gasteiger partial charge on any atom is -0.496 e. The number of nitrogens with one attached hydrogen (secondary N) is 1. The van der Waals surface area contributed by atoms with Gasteiger partial charge < -0.3 is 10.1 Å². The maximum absolute atomic E-state index is 12.8. The van der Waals surface area contributed by atoms with Crippen LogP contribution in [-0.4, -0.2) is 30.2 Å². The Morgan fingerprint density at radius 2 is 1.76 bits per heavy atom. The molecule has 2 aromatic carbocycles. The quantitative estimate of drug-likeness (QED) is 0.526. The summed E-state index contributed by atoms with van der Waals surface area (Å²) in [7, 11) is 1.65. The third-order valence-electron chi connectivity index (χ3n) is 4.49. The molecule has 150 valence electrons. The molecule has 3 aromatic rings. The summed E-state index contributed by atoms with van der Waals surface area (Å²) in [5.41, 5.74) is 2.07. The van der Waals surface area contributed by atoms with E-state index >= 15 is 0 Å². The van der Waals surface area contributed by atoms with Gasteiger partial charge in [0, 0.05) is 29.1 Å². The summed E-state index contributed by atoms with van der Waals surface area (Å²) in [5.74, 6) is 0.557. The van der Waals surface area contributed by atoms with Crippen molar-refractivity contribution in [2.24, 2.45) is 0 Å². The average molecular weight is 409 g/mol. The number of anilines is 1. The Morgan fingerprint density at radius 3 is 2.48 bits per heavy atom. The molecule has 0 spiro atoms. The first kappa shape index (κ1) is 20.8. The highest BCUT2D eigenvalue weighted by molar-refractivity contribution is 7.09. The molecule has 1 aromatic heterocycles. The van der Waals surface area contributed by atoms with Crippen molar-refractivity contribution in [3.05, 3.63) is 82.0 Å². The Labute approximate surface area is 174 Å². The van der Waals surface area contributed by atoms with Crippen molar-refractivity contribution in [1.82, 2.24) is 4.90 Å². The number of hydrogen-bond donors (Lipinski definition) is 1. The second-order valence-electron chi connectivity index (χ2n) is 6.69. The van der Waals surface area contributed by atoms with Crippen LogP contribution in [0.15, 0.2) is 66.0 Å². The fourth-order valence-electron chi connectivity index (χ4n) is 3.16. The van der Waals surface area contributed by atoms with E-state index in [0.29, 0.717) is 24.3 Å². The predicted octanol–water partition coefficient (Wildman–Crippen LogP) is 4.60. The second kappa shape index (κ2) is 10.0. The van der Waals surface area contributed by atoms with Gasteiger partial charge >= 0.3 is 0 Å². The number of hydrogen-bond acceptors (Lipinski definition) is 5. The fraction of sp³-hybridized carbons (Fsp3) is 0.217. The van der Waals surface area contributed by atoms with E-state index in [9.17, 15) is 9.59 Å². The molecule has 3 rings (SSSR count). The summed E-state index contributed by atoms with van der Waals surface area (Å²) >= 11 is 1.66. The monoisotopic (exact) mass is 408 g/mol.